The Morgan fingerprint density at radius 3 is 2.36 bits per heavy atom. The summed E-state index contributed by atoms with van der Waals surface area (Å²) < 4.78 is 11.4. The highest BCUT2D eigenvalue weighted by Gasteiger charge is 2.50. The lowest BCUT2D eigenvalue weighted by Gasteiger charge is -2.55. The number of hydrogen-bond donors (Lipinski definition) is 0. The number of anilines is 1. The van der Waals surface area contributed by atoms with E-state index in [1.807, 2.05) is 12.3 Å². The summed E-state index contributed by atoms with van der Waals surface area (Å²) in [5.74, 6) is 2.78. The highest BCUT2D eigenvalue weighted by Crippen LogP contribution is 2.58. The van der Waals surface area contributed by atoms with E-state index in [9.17, 15) is 4.79 Å². The lowest BCUT2D eigenvalue weighted by molar-refractivity contribution is -0.124. The first-order chi connectivity index (χ1) is 20.1. The van der Waals surface area contributed by atoms with E-state index in [-0.39, 0.29) is 28.1 Å². The minimum Gasteiger partial charge on any atom is -0.496 e. The van der Waals surface area contributed by atoms with Crippen molar-refractivity contribution in [1.82, 2.24) is 9.97 Å². The topological polar surface area (TPSA) is 68.5 Å². The van der Waals surface area contributed by atoms with Crippen molar-refractivity contribution >= 4 is 11.7 Å². The van der Waals surface area contributed by atoms with Crippen molar-refractivity contribution in [3.63, 3.8) is 0 Å². The van der Waals surface area contributed by atoms with Gasteiger partial charge in [-0.3, -0.25) is 9.69 Å². The van der Waals surface area contributed by atoms with Gasteiger partial charge in [0.1, 0.15) is 23.5 Å². The predicted octanol–water partition coefficient (Wildman–Crippen LogP) is 8.56. The van der Waals surface area contributed by atoms with Gasteiger partial charge in [0.2, 0.25) is 5.91 Å². The summed E-state index contributed by atoms with van der Waals surface area (Å²) in [7, 11) is 1.75. The van der Waals surface area contributed by atoms with Crippen LogP contribution in [0.2, 0.25) is 0 Å². The molecule has 0 saturated heterocycles. The summed E-state index contributed by atoms with van der Waals surface area (Å²) >= 11 is 0. The third-order valence-electron chi connectivity index (χ3n) is 10.6. The van der Waals surface area contributed by atoms with Gasteiger partial charge >= 0.3 is 0 Å². The van der Waals surface area contributed by atoms with Crippen LogP contribution in [0.3, 0.4) is 0 Å². The molecule has 2 bridgehead atoms. The number of pyridine rings is 1. The molecule has 1 amide bonds. The van der Waals surface area contributed by atoms with Crippen LogP contribution in [0.4, 0.5) is 5.82 Å². The second-order valence-corrected chi connectivity index (χ2v) is 14.4. The molecule has 4 aliphatic carbocycles. The number of oxazole rings is 1. The zero-order chi connectivity index (χ0) is 29.5. The predicted molar refractivity (Wildman–Crippen MR) is 167 cm³/mol. The first kappa shape index (κ1) is 28.9. The van der Waals surface area contributed by atoms with Crippen LogP contribution in [0, 0.1) is 18.3 Å². The molecule has 4 fully saturated rings. The van der Waals surface area contributed by atoms with Gasteiger partial charge in [-0.15, -0.1) is 0 Å². The van der Waals surface area contributed by atoms with Gasteiger partial charge in [-0.25, -0.2) is 9.97 Å². The van der Waals surface area contributed by atoms with Gasteiger partial charge in [0.15, 0.2) is 5.89 Å². The number of rotatable bonds is 7. The maximum Gasteiger partial charge on any atom is 0.231 e. The second-order valence-electron chi connectivity index (χ2n) is 14.4. The Kier molecular flexibility index (Phi) is 7.69. The molecule has 0 spiro atoms. The molecule has 3 aromatic rings. The zero-order valence-corrected chi connectivity index (χ0v) is 26.2. The molecule has 1 aromatic carbocycles. The molecule has 2 heterocycles. The lowest BCUT2D eigenvalue weighted by atomic mass is 9.51. The number of benzene rings is 1. The van der Waals surface area contributed by atoms with E-state index in [0.717, 1.165) is 74.3 Å². The summed E-state index contributed by atoms with van der Waals surface area (Å²) in [5, 5.41) is 0. The fraction of sp³-hybridized carbons (Fsp3) is 0.583. The van der Waals surface area contributed by atoms with Crippen LogP contribution in [0.25, 0.3) is 11.3 Å². The van der Waals surface area contributed by atoms with Crippen molar-refractivity contribution < 1.29 is 13.9 Å². The number of ether oxygens (including phenoxy) is 1. The van der Waals surface area contributed by atoms with E-state index >= 15 is 0 Å². The molecule has 224 valence electrons. The van der Waals surface area contributed by atoms with Gasteiger partial charge in [-0.2, -0.15) is 0 Å². The van der Waals surface area contributed by atoms with Gasteiger partial charge in [0, 0.05) is 29.6 Å². The minimum atomic E-state index is -0.169. The summed E-state index contributed by atoms with van der Waals surface area (Å²) in [6, 6.07) is 10.8. The fourth-order valence-corrected chi connectivity index (χ4v) is 7.80. The van der Waals surface area contributed by atoms with E-state index in [4.69, 9.17) is 19.1 Å². The molecule has 0 atom stereocenters. The summed E-state index contributed by atoms with van der Waals surface area (Å²) in [6.45, 7) is 9.20. The Bertz CT molecular complexity index is 1400. The van der Waals surface area contributed by atoms with Crippen molar-refractivity contribution in [2.75, 3.05) is 18.6 Å². The number of fused-ring (bicyclic) bond motifs is 3. The quantitative estimate of drug-likeness (QED) is 0.285. The molecule has 2 aromatic heterocycles. The van der Waals surface area contributed by atoms with E-state index in [2.05, 4.69) is 56.9 Å². The Balaban J connectivity index is 1.27. The van der Waals surface area contributed by atoms with Crippen molar-refractivity contribution in [1.29, 1.82) is 0 Å². The number of carbonyl (C=O) groups is 1. The average Bonchev–Trinajstić information content (AvgIpc) is 3.53. The number of nitrogens with zero attached hydrogens (tertiary/aromatic N) is 3. The van der Waals surface area contributed by atoms with Crippen LogP contribution in [0.5, 0.6) is 5.75 Å². The van der Waals surface area contributed by atoms with Crippen molar-refractivity contribution in [3.8, 4) is 17.0 Å². The highest BCUT2D eigenvalue weighted by atomic mass is 16.5. The number of carbonyl (C=O) groups excluding carboxylic acids is 1. The van der Waals surface area contributed by atoms with E-state index < -0.39 is 0 Å². The summed E-state index contributed by atoms with van der Waals surface area (Å²) in [6.07, 6.45) is 16.0. The molecule has 6 nitrogen and oxygen atoms in total. The van der Waals surface area contributed by atoms with Gasteiger partial charge in [0.25, 0.3) is 0 Å². The van der Waals surface area contributed by atoms with Crippen LogP contribution in [-0.2, 0) is 15.6 Å². The van der Waals surface area contributed by atoms with Crippen molar-refractivity contribution in [3.05, 3.63) is 59.8 Å². The minimum absolute atomic E-state index is 0.0914. The Morgan fingerprint density at radius 2 is 1.74 bits per heavy atom. The highest BCUT2D eigenvalue weighted by molar-refractivity contribution is 5.94. The third-order valence-corrected chi connectivity index (χ3v) is 10.6. The molecular weight excluding hydrogens is 522 g/mol. The Hall–Kier alpha value is -3.15. The number of aryl methyl sites for hydroxylation is 1. The van der Waals surface area contributed by atoms with Gasteiger partial charge < -0.3 is 9.15 Å². The lowest BCUT2D eigenvalue weighted by Crippen LogP contribution is -2.51. The SMILES string of the molecule is COc1ccc(C23CCC(CN(C(=O)C4CCCCC4)c4cc(-c5coc(C(C)(C)C)n5)ccn4)(CC2)CC3)cc1C. The van der Waals surface area contributed by atoms with E-state index in [0.29, 0.717) is 5.89 Å². The summed E-state index contributed by atoms with van der Waals surface area (Å²) in [4.78, 5) is 25.9. The number of hydrogen-bond acceptors (Lipinski definition) is 5. The maximum absolute atomic E-state index is 14.2. The molecule has 4 aliphatic rings. The average molecular weight is 570 g/mol. The Labute approximate surface area is 251 Å². The fourth-order valence-electron chi connectivity index (χ4n) is 7.80. The smallest absolute Gasteiger partial charge is 0.231 e. The van der Waals surface area contributed by atoms with Crippen molar-refractivity contribution in [2.24, 2.45) is 11.3 Å². The second kappa shape index (κ2) is 11.2. The number of aromatic nitrogens is 2. The van der Waals surface area contributed by atoms with Gasteiger partial charge in [0.05, 0.1) is 7.11 Å². The van der Waals surface area contributed by atoms with Gasteiger partial charge in [-0.1, -0.05) is 52.2 Å². The molecule has 6 heteroatoms. The zero-order valence-electron chi connectivity index (χ0n) is 26.2. The van der Waals surface area contributed by atoms with E-state index in [1.54, 1.807) is 13.4 Å². The molecular formula is C36H47N3O3. The molecule has 4 saturated carbocycles. The van der Waals surface area contributed by atoms with Crippen molar-refractivity contribution in [2.45, 2.75) is 109 Å². The number of methoxy groups -OCH3 is 1. The Morgan fingerprint density at radius 1 is 1.02 bits per heavy atom. The van der Waals surface area contributed by atoms with Crippen LogP contribution in [0.15, 0.2) is 47.2 Å². The van der Waals surface area contributed by atoms with Gasteiger partial charge in [-0.05, 0) is 98.4 Å². The maximum atomic E-state index is 14.2. The van der Waals surface area contributed by atoms with Crippen LogP contribution < -0.4 is 9.64 Å². The first-order valence-electron chi connectivity index (χ1n) is 16.0. The van der Waals surface area contributed by atoms with E-state index in [1.165, 1.54) is 36.8 Å². The normalized spacial score (nSPS) is 24.5. The largest absolute Gasteiger partial charge is 0.496 e. The first-order valence-corrected chi connectivity index (χ1v) is 16.0. The molecule has 7 rings (SSSR count). The van der Waals surface area contributed by atoms with Crippen LogP contribution >= 0.6 is 0 Å². The molecule has 0 aliphatic heterocycles. The van der Waals surface area contributed by atoms with Crippen LogP contribution in [0.1, 0.15) is 108 Å². The van der Waals surface area contributed by atoms with Crippen LogP contribution in [-0.4, -0.2) is 29.5 Å². The summed E-state index contributed by atoms with van der Waals surface area (Å²) in [5.41, 5.74) is 4.62. The molecule has 0 N–H and O–H groups in total. The monoisotopic (exact) mass is 569 g/mol. The molecule has 0 radical (unpaired) electrons. The molecule has 0 unspecified atom stereocenters. The number of amides is 1. The standard InChI is InChI=1S/C36H47N3O3/c1-25-21-28(11-12-30(25)41-5)36-17-14-35(15-18-36,16-19-36)24-39(32(40)26-9-7-6-8-10-26)31-22-27(13-20-37-31)29-23-42-33(38-29)34(2,3)4/h11-13,20-23,26H,6-10,14-19,24H2,1-5H3. The third kappa shape index (κ3) is 5.49. The molecule has 42 heavy (non-hydrogen) atoms.